The maximum Gasteiger partial charge on any atom is 0.240 e. The number of rotatable bonds is 3. The van der Waals surface area contributed by atoms with Gasteiger partial charge < -0.3 is 10.6 Å². The van der Waals surface area contributed by atoms with Crippen LogP contribution >= 0.6 is 23.2 Å². The average Bonchev–Trinajstić information content (AvgIpc) is 2.49. The molecule has 1 aliphatic rings. The molecule has 1 saturated heterocycles. The molecule has 0 bridgehead atoms. The number of nitrogens with two attached hydrogens (primary N) is 1. The van der Waals surface area contributed by atoms with E-state index in [4.69, 9.17) is 28.9 Å². The molecule has 1 amide bonds. The first-order valence-electron chi connectivity index (χ1n) is 7.89. The van der Waals surface area contributed by atoms with Crippen LogP contribution in [0.3, 0.4) is 0 Å². The monoisotopic (exact) mass is 357 g/mol. The Morgan fingerprint density at radius 3 is 2.30 bits per heavy atom. The van der Waals surface area contributed by atoms with Crippen LogP contribution in [0.25, 0.3) is 0 Å². The van der Waals surface area contributed by atoms with Gasteiger partial charge in [-0.15, -0.1) is 0 Å². The molecular weight excluding hydrogens is 333 g/mol. The molecule has 4 nitrogen and oxygen atoms in total. The molecule has 1 aromatic rings. The minimum Gasteiger partial charge on any atom is -0.339 e. The maximum absolute atomic E-state index is 12.4. The molecule has 1 atom stereocenters. The molecule has 0 radical (unpaired) electrons. The fraction of sp³-hybridized carbons (Fsp3) is 0.588. The summed E-state index contributed by atoms with van der Waals surface area (Å²) in [5, 5.41) is 1.15. The number of piperazine rings is 1. The lowest BCUT2D eigenvalue weighted by Crippen LogP contribution is -2.56. The minimum atomic E-state index is -0.455. The number of hydrogen-bond donors (Lipinski definition) is 1. The van der Waals surface area contributed by atoms with E-state index in [2.05, 4.69) is 4.90 Å². The zero-order chi connectivity index (χ0) is 17.2. The molecule has 0 unspecified atom stereocenters. The Kier molecular flexibility index (Phi) is 5.95. The topological polar surface area (TPSA) is 49.6 Å². The van der Waals surface area contributed by atoms with Gasteiger partial charge in [0.1, 0.15) is 0 Å². The van der Waals surface area contributed by atoms with Crippen LogP contribution < -0.4 is 5.73 Å². The standard InChI is InChI=1S/C17H25Cl2N3O/c1-17(2,3)15(20)16(23)22-8-6-21(7-9-22)11-12-4-5-13(18)14(19)10-12/h4-5,10,15H,6-9,11,20H2,1-3H3/t15-/m1/s1. The van der Waals surface area contributed by atoms with Crippen LogP contribution in [0.1, 0.15) is 26.3 Å². The van der Waals surface area contributed by atoms with Crippen molar-refractivity contribution in [1.82, 2.24) is 9.80 Å². The van der Waals surface area contributed by atoms with Crippen LogP contribution in [-0.4, -0.2) is 47.9 Å². The van der Waals surface area contributed by atoms with Crippen LogP contribution in [0.15, 0.2) is 18.2 Å². The molecule has 0 aliphatic carbocycles. The van der Waals surface area contributed by atoms with Gasteiger partial charge >= 0.3 is 0 Å². The van der Waals surface area contributed by atoms with Gasteiger partial charge in [-0.3, -0.25) is 9.69 Å². The Balaban J connectivity index is 1.88. The summed E-state index contributed by atoms with van der Waals surface area (Å²) in [7, 11) is 0. The first-order chi connectivity index (χ1) is 10.7. The maximum atomic E-state index is 12.4. The molecule has 2 N–H and O–H groups in total. The van der Waals surface area contributed by atoms with Gasteiger partial charge in [0.05, 0.1) is 16.1 Å². The highest BCUT2D eigenvalue weighted by molar-refractivity contribution is 6.42. The van der Waals surface area contributed by atoms with E-state index in [0.29, 0.717) is 23.1 Å². The predicted molar refractivity (Wildman–Crippen MR) is 95.7 cm³/mol. The Hall–Kier alpha value is -0.810. The SMILES string of the molecule is CC(C)(C)[C@H](N)C(=O)N1CCN(Cc2ccc(Cl)c(Cl)c2)CC1. The number of benzene rings is 1. The molecule has 0 aromatic heterocycles. The number of carbonyl (C=O) groups excluding carboxylic acids is 1. The molecule has 1 aliphatic heterocycles. The molecule has 0 saturated carbocycles. The van der Waals surface area contributed by atoms with Gasteiger partial charge in [-0.1, -0.05) is 50.0 Å². The van der Waals surface area contributed by atoms with Gasteiger partial charge in [0.2, 0.25) is 5.91 Å². The molecule has 2 rings (SSSR count). The third kappa shape index (κ3) is 4.83. The molecule has 23 heavy (non-hydrogen) atoms. The Bertz CT molecular complexity index is 563. The quantitative estimate of drug-likeness (QED) is 0.904. The van der Waals surface area contributed by atoms with Crippen molar-refractivity contribution in [3.63, 3.8) is 0 Å². The van der Waals surface area contributed by atoms with Gasteiger partial charge in [0.25, 0.3) is 0 Å². The van der Waals surface area contributed by atoms with E-state index in [0.717, 1.165) is 25.2 Å². The van der Waals surface area contributed by atoms with E-state index in [1.807, 2.05) is 43.9 Å². The van der Waals surface area contributed by atoms with Crippen molar-refractivity contribution >= 4 is 29.1 Å². The van der Waals surface area contributed by atoms with E-state index >= 15 is 0 Å². The fourth-order valence-corrected chi connectivity index (χ4v) is 2.91. The summed E-state index contributed by atoms with van der Waals surface area (Å²) >= 11 is 12.0. The normalized spacial score (nSPS) is 18.1. The highest BCUT2D eigenvalue weighted by Crippen LogP contribution is 2.24. The van der Waals surface area contributed by atoms with Gasteiger partial charge in [-0.2, -0.15) is 0 Å². The third-order valence-electron chi connectivity index (χ3n) is 4.27. The summed E-state index contributed by atoms with van der Waals surface area (Å²) in [6.07, 6.45) is 0. The van der Waals surface area contributed by atoms with E-state index in [-0.39, 0.29) is 11.3 Å². The van der Waals surface area contributed by atoms with Crippen molar-refractivity contribution in [2.45, 2.75) is 33.4 Å². The molecule has 1 aromatic carbocycles. The smallest absolute Gasteiger partial charge is 0.240 e. The molecule has 128 valence electrons. The van der Waals surface area contributed by atoms with Gasteiger partial charge in [0, 0.05) is 32.7 Å². The Labute approximate surface area is 148 Å². The van der Waals surface area contributed by atoms with Crippen molar-refractivity contribution in [3.05, 3.63) is 33.8 Å². The van der Waals surface area contributed by atoms with Gasteiger partial charge in [0.15, 0.2) is 0 Å². The zero-order valence-electron chi connectivity index (χ0n) is 14.0. The lowest BCUT2D eigenvalue weighted by Gasteiger charge is -2.38. The number of hydrogen-bond acceptors (Lipinski definition) is 3. The molecule has 0 spiro atoms. The summed E-state index contributed by atoms with van der Waals surface area (Å²) < 4.78 is 0. The van der Waals surface area contributed by atoms with E-state index in [1.54, 1.807) is 0 Å². The first-order valence-corrected chi connectivity index (χ1v) is 8.65. The van der Waals surface area contributed by atoms with E-state index in [1.165, 1.54) is 0 Å². The van der Waals surface area contributed by atoms with E-state index < -0.39 is 6.04 Å². The van der Waals surface area contributed by atoms with Crippen LogP contribution in [0.2, 0.25) is 10.0 Å². The zero-order valence-corrected chi connectivity index (χ0v) is 15.5. The van der Waals surface area contributed by atoms with Crippen molar-refractivity contribution < 1.29 is 4.79 Å². The number of carbonyl (C=O) groups is 1. The van der Waals surface area contributed by atoms with Gasteiger partial charge in [-0.25, -0.2) is 0 Å². The lowest BCUT2D eigenvalue weighted by atomic mass is 9.86. The molecule has 1 heterocycles. The largest absolute Gasteiger partial charge is 0.339 e. The fourth-order valence-electron chi connectivity index (χ4n) is 2.59. The Morgan fingerprint density at radius 2 is 1.78 bits per heavy atom. The summed E-state index contributed by atoms with van der Waals surface area (Å²) in [5.41, 5.74) is 7.00. The van der Waals surface area contributed by atoms with Crippen molar-refractivity contribution in [2.24, 2.45) is 11.1 Å². The second-order valence-corrected chi connectivity index (χ2v) is 8.01. The second kappa shape index (κ2) is 7.39. The van der Waals surface area contributed by atoms with Crippen molar-refractivity contribution in [2.75, 3.05) is 26.2 Å². The Morgan fingerprint density at radius 1 is 1.17 bits per heavy atom. The molecule has 1 fully saturated rings. The number of nitrogens with zero attached hydrogens (tertiary/aromatic N) is 2. The summed E-state index contributed by atoms with van der Waals surface area (Å²) in [5.74, 6) is 0.0479. The number of halogens is 2. The van der Waals surface area contributed by atoms with Crippen LogP contribution in [0, 0.1) is 5.41 Å². The minimum absolute atomic E-state index is 0.0479. The first kappa shape index (κ1) is 18.5. The van der Waals surface area contributed by atoms with E-state index in [9.17, 15) is 4.79 Å². The lowest BCUT2D eigenvalue weighted by molar-refractivity contribution is -0.136. The molecular formula is C17H25Cl2N3O. The van der Waals surface area contributed by atoms with Crippen molar-refractivity contribution in [1.29, 1.82) is 0 Å². The highest BCUT2D eigenvalue weighted by atomic mass is 35.5. The predicted octanol–water partition coefficient (Wildman–Crippen LogP) is 3.01. The second-order valence-electron chi connectivity index (χ2n) is 7.19. The van der Waals surface area contributed by atoms with Crippen LogP contribution in [-0.2, 0) is 11.3 Å². The third-order valence-corrected chi connectivity index (χ3v) is 5.01. The summed E-state index contributed by atoms with van der Waals surface area (Å²) in [6, 6.07) is 5.25. The van der Waals surface area contributed by atoms with Gasteiger partial charge in [-0.05, 0) is 23.1 Å². The average molecular weight is 358 g/mol. The number of amides is 1. The highest BCUT2D eigenvalue weighted by Gasteiger charge is 2.32. The summed E-state index contributed by atoms with van der Waals surface area (Å²) in [4.78, 5) is 16.6. The van der Waals surface area contributed by atoms with Crippen LogP contribution in [0.5, 0.6) is 0 Å². The van der Waals surface area contributed by atoms with Crippen molar-refractivity contribution in [3.8, 4) is 0 Å². The van der Waals surface area contributed by atoms with Crippen LogP contribution in [0.4, 0.5) is 0 Å². The summed E-state index contributed by atoms with van der Waals surface area (Å²) in [6.45, 7) is 9.89. The molecule has 6 heteroatoms.